The van der Waals surface area contributed by atoms with Gasteiger partial charge in [0.25, 0.3) is 0 Å². The van der Waals surface area contributed by atoms with Gasteiger partial charge in [-0.05, 0) is 91.3 Å². The highest BCUT2D eigenvalue weighted by molar-refractivity contribution is 5.93. The number of hydrogen-bond donors (Lipinski definition) is 1. The lowest BCUT2D eigenvalue weighted by atomic mass is 9.77. The molecule has 0 amide bonds. The Balaban J connectivity index is 1.51. The van der Waals surface area contributed by atoms with Crippen molar-refractivity contribution < 1.29 is 19.1 Å². The second-order valence-electron chi connectivity index (χ2n) is 11.4. The lowest BCUT2D eigenvalue weighted by Gasteiger charge is -2.40. The van der Waals surface area contributed by atoms with E-state index in [1.807, 2.05) is 6.07 Å². The van der Waals surface area contributed by atoms with Crippen LogP contribution in [0.15, 0.2) is 92.6 Å². The maximum Gasteiger partial charge on any atom is 0.347 e. The van der Waals surface area contributed by atoms with Gasteiger partial charge in [0.05, 0.1) is 5.56 Å². The largest absolute Gasteiger partial charge is 0.477 e. The highest BCUT2D eigenvalue weighted by Gasteiger charge is 2.32. The number of nitriles is 1. The normalized spacial score (nSPS) is 17.3. The first-order valence-corrected chi connectivity index (χ1v) is 14.2. The molecule has 3 aromatic rings. The van der Waals surface area contributed by atoms with Gasteiger partial charge in [-0.1, -0.05) is 39.3 Å². The van der Waals surface area contributed by atoms with Crippen LogP contribution in [0.5, 0.6) is 0 Å². The molecule has 0 unspecified atom stereocenters. The van der Waals surface area contributed by atoms with E-state index in [4.69, 9.17) is 9.15 Å². The Bertz CT molecular complexity index is 1780. The Hall–Kier alpha value is -4.83. The first kappa shape index (κ1) is 28.7. The fourth-order valence-electron chi connectivity index (χ4n) is 5.48. The SMILES string of the molecule is CCCCc1ccc(N2CCC(C)(C)c3cc4cc(/C=C/C5=CC(=C(\C#N)C(=O)O)/C=C(C)O5)c(=O)oc4cc32)cc1. The minimum absolute atomic E-state index is 0.0663. The van der Waals surface area contributed by atoms with Gasteiger partial charge in [-0.3, -0.25) is 0 Å². The topological polar surface area (TPSA) is 104 Å². The number of hydrogen-bond acceptors (Lipinski definition) is 6. The molecule has 7 nitrogen and oxygen atoms in total. The van der Waals surface area contributed by atoms with Crippen molar-refractivity contribution in [1.29, 1.82) is 5.26 Å². The first-order chi connectivity index (χ1) is 20.1. The number of anilines is 2. The molecule has 0 fully saturated rings. The van der Waals surface area contributed by atoms with E-state index in [1.165, 1.54) is 36.1 Å². The van der Waals surface area contributed by atoms with Crippen molar-refractivity contribution in [3.63, 3.8) is 0 Å². The molecule has 7 heteroatoms. The zero-order valence-electron chi connectivity index (χ0n) is 24.4. The lowest BCUT2D eigenvalue weighted by molar-refractivity contribution is -0.132. The van der Waals surface area contributed by atoms with Crippen molar-refractivity contribution in [3.8, 4) is 6.07 Å². The third kappa shape index (κ3) is 5.80. The molecule has 0 saturated carbocycles. The summed E-state index contributed by atoms with van der Waals surface area (Å²) in [6, 6.07) is 16.4. The van der Waals surface area contributed by atoms with E-state index in [0.29, 0.717) is 22.7 Å². The number of carboxylic acids is 1. The molecule has 0 atom stereocenters. The van der Waals surface area contributed by atoms with Gasteiger partial charge in [-0.2, -0.15) is 5.26 Å². The average molecular weight is 563 g/mol. The lowest BCUT2D eigenvalue weighted by Crippen LogP contribution is -2.34. The number of benzene rings is 2. The summed E-state index contributed by atoms with van der Waals surface area (Å²) < 4.78 is 11.5. The van der Waals surface area contributed by atoms with Crippen molar-refractivity contribution in [2.75, 3.05) is 11.4 Å². The summed E-state index contributed by atoms with van der Waals surface area (Å²) in [4.78, 5) is 26.8. The van der Waals surface area contributed by atoms with Crippen molar-refractivity contribution >= 4 is 34.4 Å². The molecule has 2 aromatic carbocycles. The molecule has 214 valence electrons. The molecule has 1 aromatic heterocycles. The number of rotatable bonds is 7. The van der Waals surface area contributed by atoms with E-state index in [-0.39, 0.29) is 16.6 Å². The molecular weight excluding hydrogens is 528 g/mol. The zero-order valence-corrected chi connectivity index (χ0v) is 24.4. The second kappa shape index (κ2) is 11.6. The molecule has 0 aliphatic carbocycles. The van der Waals surface area contributed by atoms with Gasteiger partial charge in [-0.15, -0.1) is 0 Å². The number of allylic oxidation sites excluding steroid dienone is 5. The second-order valence-corrected chi connectivity index (χ2v) is 11.4. The van der Waals surface area contributed by atoms with Gasteiger partial charge < -0.3 is 19.2 Å². The molecule has 2 aliphatic heterocycles. The van der Waals surface area contributed by atoms with Crippen LogP contribution in [-0.4, -0.2) is 17.6 Å². The van der Waals surface area contributed by atoms with E-state index < -0.39 is 11.6 Å². The van der Waals surface area contributed by atoms with Crippen LogP contribution in [0.1, 0.15) is 63.6 Å². The Morgan fingerprint density at radius 2 is 1.90 bits per heavy atom. The molecule has 0 spiro atoms. The number of carboxylic acid groups (broad SMARTS) is 1. The Morgan fingerprint density at radius 1 is 1.14 bits per heavy atom. The van der Waals surface area contributed by atoms with Gasteiger partial charge >= 0.3 is 11.6 Å². The standard InChI is InChI=1S/C35H34N2O5/c1-5-6-7-23-8-11-27(12-9-23)37-15-14-35(3,4)30-19-26-17-24(34(40)42-32(26)20-31(30)37)10-13-28-18-25(16-22(2)41-28)29(21-36)33(38)39/h8-13,16-20H,5-7,14-15H2,1-4H3,(H,38,39)/b13-10+,29-25+. The number of ether oxygens (including phenoxy) is 1. The Labute approximate surface area is 245 Å². The molecule has 3 heterocycles. The third-order valence-electron chi connectivity index (χ3n) is 7.90. The van der Waals surface area contributed by atoms with Gasteiger partial charge in [0.2, 0.25) is 0 Å². The smallest absolute Gasteiger partial charge is 0.347 e. The maximum atomic E-state index is 13.0. The van der Waals surface area contributed by atoms with Crippen molar-refractivity contribution in [3.05, 3.63) is 110 Å². The average Bonchev–Trinajstić information content (AvgIpc) is 2.95. The molecule has 1 N–H and O–H groups in total. The molecule has 0 saturated heterocycles. The number of nitrogens with zero attached hydrogens (tertiary/aromatic N) is 2. The van der Waals surface area contributed by atoms with E-state index in [2.05, 4.69) is 56.0 Å². The molecule has 0 radical (unpaired) electrons. The van der Waals surface area contributed by atoms with E-state index in [0.717, 1.165) is 36.1 Å². The van der Waals surface area contributed by atoms with E-state index in [1.54, 1.807) is 31.2 Å². The fourth-order valence-corrected chi connectivity index (χ4v) is 5.48. The van der Waals surface area contributed by atoms with Crippen LogP contribution in [0.4, 0.5) is 11.4 Å². The monoisotopic (exact) mass is 562 g/mol. The van der Waals surface area contributed by atoms with Crippen LogP contribution in [0.3, 0.4) is 0 Å². The van der Waals surface area contributed by atoms with E-state index >= 15 is 0 Å². The van der Waals surface area contributed by atoms with Crippen LogP contribution in [-0.2, 0) is 21.4 Å². The van der Waals surface area contributed by atoms with Crippen LogP contribution in [0.2, 0.25) is 0 Å². The van der Waals surface area contributed by atoms with Crippen molar-refractivity contribution in [1.82, 2.24) is 0 Å². The fraction of sp³-hybridized carbons (Fsp3) is 0.286. The highest BCUT2D eigenvalue weighted by Crippen LogP contribution is 2.44. The molecule has 2 aliphatic rings. The van der Waals surface area contributed by atoms with Crippen LogP contribution >= 0.6 is 0 Å². The quantitative estimate of drug-likeness (QED) is 0.179. The molecule has 5 rings (SSSR count). The number of fused-ring (bicyclic) bond motifs is 2. The van der Waals surface area contributed by atoms with Gasteiger partial charge in [0, 0.05) is 34.9 Å². The maximum absolute atomic E-state index is 13.0. The summed E-state index contributed by atoms with van der Waals surface area (Å²) in [6.07, 6.45) is 10.5. The molecule has 0 bridgehead atoms. The number of unbranched alkanes of at least 4 members (excludes halogenated alkanes) is 1. The molecular formula is C35H34N2O5. The summed E-state index contributed by atoms with van der Waals surface area (Å²) in [6.45, 7) is 9.20. The summed E-state index contributed by atoms with van der Waals surface area (Å²) in [5, 5.41) is 19.4. The Kier molecular flexibility index (Phi) is 7.91. The van der Waals surface area contributed by atoms with E-state index in [9.17, 15) is 20.0 Å². The highest BCUT2D eigenvalue weighted by atomic mass is 16.5. The van der Waals surface area contributed by atoms with Crippen molar-refractivity contribution in [2.24, 2.45) is 0 Å². The minimum Gasteiger partial charge on any atom is -0.477 e. The minimum atomic E-state index is -1.32. The summed E-state index contributed by atoms with van der Waals surface area (Å²) in [5.74, 6) is -0.579. The summed E-state index contributed by atoms with van der Waals surface area (Å²) >= 11 is 0. The van der Waals surface area contributed by atoms with Crippen LogP contribution in [0.25, 0.3) is 17.0 Å². The van der Waals surface area contributed by atoms with Gasteiger partial charge in [0.15, 0.2) is 0 Å². The molecule has 42 heavy (non-hydrogen) atoms. The Morgan fingerprint density at radius 3 is 2.60 bits per heavy atom. The van der Waals surface area contributed by atoms with Gasteiger partial charge in [0.1, 0.15) is 28.7 Å². The number of aryl methyl sites for hydroxylation is 1. The zero-order chi connectivity index (χ0) is 30.0. The third-order valence-corrected chi connectivity index (χ3v) is 7.90. The number of aliphatic carboxylic acids is 1. The van der Waals surface area contributed by atoms with Gasteiger partial charge in [-0.25, -0.2) is 9.59 Å². The predicted octanol–water partition coefficient (Wildman–Crippen LogP) is 7.69. The van der Waals surface area contributed by atoms with Crippen LogP contribution < -0.4 is 10.5 Å². The summed E-state index contributed by atoms with van der Waals surface area (Å²) in [5.41, 5.74) is 4.80. The predicted molar refractivity (Wildman–Crippen MR) is 164 cm³/mol. The van der Waals surface area contributed by atoms with Crippen molar-refractivity contribution in [2.45, 2.75) is 58.8 Å². The number of carbonyl (C=O) groups is 1. The summed E-state index contributed by atoms with van der Waals surface area (Å²) in [7, 11) is 0. The van der Waals surface area contributed by atoms with Crippen LogP contribution in [0, 0.1) is 11.3 Å². The first-order valence-electron chi connectivity index (χ1n) is 14.2.